The first-order valence-electron chi connectivity index (χ1n) is 5.81. The zero-order chi connectivity index (χ0) is 11.8. The Labute approximate surface area is 97.0 Å². The Morgan fingerprint density at radius 2 is 2.00 bits per heavy atom. The van der Waals surface area contributed by atoms with E-state index >= 15 is 0 Å². The minimum absolute atomic E-state index is 0.0781. The molecule has 3 N–H and O–H groups in total. The largest absolute Gasteiger partial charge is 0.356 e. The van der Waals surface area contributed by atoms with Crippen molar-refractivity contribution in [1.29, 1.82) is 0 Å². The minimum atomic E-state index is 0.0781. The maximum Gasteiger partial charge on any atom is 0.224 e. The van der Waals surface area contributed by atoms with E-state index in [9.17, 15) is 4.79 Å². The molecular formula is C13H20N2O. The average molecular weight is 220 g/mol. The SMILES string of the molecule is CCCCNC(=O)Cc1ccccc1CN. The van der Waals surface area contributed by atoms with Gasteiger partial charge in [0.1, 0.15) is 0 Å². The summed E-state index contributed by atoms with van der Waals surface area (Å²) in [6.45, 7) is 3.36. The normalized spacial score (nSPS) is 10.1. The van der Waals surface area contributed by atoms with Crippen molar-refractivity contribution >= 4 is 5.91 Å². The predicted molar refractivity (Wildman–Crippen MR) is 66.0 cm³/mol. The topological polar surface area (TPSA) is 55.1 Å². The fraction of sp³-hybridized carbons (Fsp3) is 0.462. The first-order chi connectivity index (χ1) is 7.77. The second kappa shape index (κ2) is 7.01. The quantitative estimate of drug-likeness (QED) is 0.715. The summed E-state index contributed by atoms with van der Waals surface area (Å²) in [6, 6.07) is 7.81. The zero-order valence-electron chi connectivity index (χ0n) is 9.83. The van der Waals surface area contributed by atoms with E-state index in [4.69, 9.17) is 5.73 Å². The maximum atomic E-state index is 11.6. The number of rotatable bonds is 6. The molecule has 16 heavy (non-hydrogen) atoms. The molecule has 0 radical (unpaired) electrons. The van der Waals surface area contributed by atoms with Crippen molar-refractivity contribution in [3.8, 4) is 0 Å². The van der Waals surface area contributed by atoms with Crippen molar-refractivity contribution in [2.45, 2.75) is 32.7 Å². The summed E-state index contributed by atoms with van der Waals surface area (Å²) < 4.78 is 0. The lowest BCUT2D eigenvalue weighted by atomic mass is 10.0. The van der Waals surface area contributed by atoms with Gasteiger partial charge in [-0.3, -0.25) is 4.79 Å². The minimum Gasteiger partial charge on any atom is -0.356 e. The van der Waals surface area contributed by atoms with Crippen molar-refractivity contribution in [2.75, 3.05) is 6.54 Å². The second-order valence-corrected chi connectivity index (χ2v) is 3.85. The van der Waals surface area contributed by atoms with Crippen LogP contribution < -0.4 is 11.1 Å². The Bertz CT molecular complexity index is 336. The third-order valence-corrected chi connectivity index (χ3v) is 2.54. The van der Waals surface area contributed by atoms with Crippen molar-refractivity contribution in [3.05, 3.63) is 35.4 Å². The van der Waals surface area contributed by atoms with E-state index in [0.717, 1.165) is 30.5 Å². The van der Waals surface area contributed by atoms with Crippen LogP contribution in [0.3, 0.4) is 0 Å². The van der Waals surface area contributed by atoms with Crippen LogP contribution in [0.2, 0.25) is 0 Å². The number of amides is 1. The van der Waals surface area contributed by atoms with E-state index in [1.165, 1.54) is 0 Å². The smallest absolute Gasteiger partial charge is 0.224 e. The Morgan fingerprint density at radius 1 is 1.31 bits per heavy atom. The van der Waals surface area contributed by atoms with Crippen LogP contribution in [0.5, 0.6) is 0 Å². The van der Waals surface area contributed by atoms with E-state index in [0.29, 0.717) is 13.0 Å². The van der Waals surface area contributed by atoms with Crippen LogP contribution in [0.25, 0.3) is 0 Å². The molecule has 1 amide bonds. The number of hydrogen-bond acceptors (Lipinski definition) is 2. The van der Waals surface area contributed by atoms with Gasteiger partial charge in [-0.15, -0.1) is 0 Å². The third kappa shape index (κ3) is 4.03. The van der Waals surface area contributed by atoms with Crippen LogP contribution in [0.4, 0.5) is 0 Å². The molecule has 1 aromatic carbocycles. The Balaban J connectivity index is 2.49. The van der Waals surface area contributed by atoms with Gasteiger partial charge in [0.05, 0.1) is 6.42 Å². The summed E-state index contributed by atoms with van der Waals surface area (Å²) in [6.07, 6.45) is 2.56. The lowest BCUT2D eigenvalue weighted by molar-refractivity contribution is -0.120. The molecule has 1 aromatic rings. The fourth-order valence-electron chi connectivity index (χ4n) is 1.57. The number of benzene rings is 1. The van der Waals surface area contributed by atoms with E-state index < -0.39 is 0 Å². The summed E-state index contributed by atoms with van der Waals surface area (Å²) in [5.74, 6) is 0.0781. The molecule has 0 aliphatic rings. The Hall–Kier alpha value is -1.35. The molecule has 0 spiro atoms. The summed E-state index contributed by atoms with van der Waals surface area (Å²) in [7, 11) is 0. The highest BCUT2D eigenvalue weighted by molar-refractivity contribution is 5.78. The molecule has 0 aromatic heterocycles. The van der Waals surface area contributed by atoms with E-state index in [1.807, 2.05) is 24.3 Å². The highest BCUT2D eigenvalue weighted by atomic mass is 16.1. The number of nitrogens with one attached hydrogen (secondary N) is 1. The molecule has 0 bridgehead atoms. The number of nitrogens with two attached hydrogens (primary N) is 1. The second-order valence-electron chi connectivity index (χ2n) is 3.85. The summed E-state index contributed by atoms with van der Waals surface area (Å²) in [5, 5.41) is 2.90. The van der Waals surface area contributed by atoms with Crippen molar-refractivity contribution in [3.63, 3.8) is 0 Å². The van der Waals surface area contributed by atoms with Gasteiger partial charge in [-0.25, -0.2) is 0 Å². The summed E-state index contributed by atoms with van der Waals surface area (Å²) >= 11 is 0. The van der Waals surface area contributed by atoms with Crippen LogP contribution in [-0.4, -0.2) is 12.5 Å². The summed E-state index contributed by atoms with van der Waals surface area (Å²) in [4.78, 5) is 11.6. The number of carbonyl (C=O) groups is 1. The number of hydrogen-bond donors (Lipinski definition) is 2. The van der Waals surface area contributed by atoms with Crippen LogP contribution in [-0.2, 0) is 17.8 Å². The highest BCUT2D eigenvalue weighted by Gasteiger charge is 2.05. The molecule has 88 valence electrons. The number of unbranched alkanes of at least 4 members (excludes halogenated alkanes) is 1. The van der Waals surface area contributed by atoms with Gasteiger partial charge in [-0.1, -0.05) is 37.6 Å². The van der Waals surface area contributed by atoms with Gasteiger partial charge in [-0.2, -0.15) is 0 Å². The van der Waals surface area contributed by atoms with E-state index in [1.54, 1.807) is 0 Å². The number of carbonyl (C=O) groups excluding carboxylic acids is 1. The van der Waals surface area contributed by atoms with Crippen LogP contribution in [0.15, 0.2) is 24.3 Å². The van der Waals surface area contributed by atoms with Gasteiger partial charge in [-0.05, 0) is 17.5 Å². The average Bonchev–Trinajstić information content (AvgIpc) is 2.30. The third-order valence-electron chi connectivity index (χ3n) is 2.54. The van der Waals surface area contributed by atoms with Crippen molar-refractivity contribution in [1.82, 2.24) is 5.32 Å². The molecule has 1 rings (SSSR count). The molecule has 0 saturated carbocycles. The van der Waals surface area contributed by atoms with Crippen LogP contribution in [0.1, 0.15) is 30.9 Å². The lowest BCUT2D eigenvalue weighted by Crippen LogP contribution is -2.26. The molecule has 0 atom stereocenters. The Kier molecular flexibility index (Phi) is 5.57. The molecule has 0 aliphatic carbocycles. The van der Waals surface area contributed by atoms with Crippen molar-refractivity contribution in [2.24, 2.45) is 5.73 Å². The maximum absolute atomic E-state index is 11.6. The molecule has 0 fully saturated rings. The first-order valence-corrected chi connectivity index (χ1v) is 5.81. The summed E-state index contributed by atoms with van der Waals surface area (Å²) in [5.41, 5.74) is 7.69. The highest BCUT2D eigenvalue weighted by Crippen LogP contribution is 2.08. The standard InChI is InChI=1S/C13H20N2O/c1-2-3-8-15-13(16)9-11-6-4-5-7-12(11)10-14/h4-7H,2-3,8-10,14H2,1H3,(H,15,16). The van der Waals surface area contributed by atoms with Crippen molar-refractivity contribution < 1.29 is 4.79 Å². The van der Waals surface area contributed by atoms with Gasteiger partial charge in [0, 0.05) is 13.1 Å². The van der Waals surface area contributed by atoms with Crippen LogP contribution in [0, 0.1) is 0 Å². The molecule has 0 saturated heterocycles. The zero-order valence-corrected chi connectivity index (χ0v) is 9.83. The van der Waals surface area contributed by atoms with Gasteiger partial charge in [0.25, 0.3) is 0 Å². The lowest BCUT2D eigenvalue weighted by Gasteiger charge is -2.08. The molecular weight excluding hydrogens is 200 g/mol. The molecule has 3 nitrogen and oxygen atoms in total. The van der Waals surface area contributed by atoms with Gasteiger partial charge in [0.15, 0.2) is 0 Å². The van der Waals surface area contributed by atoms with E-state index in [2.05, 4.69) is 12.2 Å². The predicted octanol–water partition coefficient (Wildman–Crippen LogP) is 1.60. The monoisotopic (exact) mass is 220 g/mol. The van der Waals surface area contributed by atoms with Gasteiger partial charge >= 0.3 is 0 Å². The molecule has 0 aliphatic heterocycles. The molecule has 0 heterocycles. The fourth-order valence-corrected chi connectivity index (χ4v) is 1.57. The van der Waals surface area contributed by atoms with Crippen LogP contribution >= 0.6 is 0 Å². The Morgan fingerprint density at radius 3 is 2.62 bits per heavy atom. The van der Waals surface area contributed by atoms with Gasteiger partial charge in [0.2, 0.25) is 5.91 Å². The molecule has 3 heteroatoms. The first kappa shape index (κ1) is 12.7. The molecule has 0 unspecified atom stereocenters. The van der Waals surface area contributed by atoms with E-state index in [-0.39, 0.29) is 5.91 Å². The van der Waals surface area contributed by atoms with Gasteiger partial charge < -0.3 is 11.1 Å².